The number of rotatable bonds is 46. The molecule has 0 aromatic rings. The van der Waals surface area contributed by atoms with Crippen LogP contribution in [0.25, 0.3) is 0 Å². The number of phosphoric acid groups is 1. The van der Waals surface area contributed by atoms with Gasteiger partial charge in [0.2, 0.25) is 5.91 Å². The number of quaternary nitrogens is 1. The number of carbonyl (C=O) groups is 1. The number of hydrogen-bond acceptors (Lipinski definition) is 6. The molecule has 0 aromatic heterocycles. The van der Waals surface area contributed by atoms with Gasteiger partial charge in [-0.2, -0.15) is 0 Å². The summed E-state index contributed by atoms with van der Waals surface area (Å²) in [5, 5.41) is 13.7. The van der Waals surface area contributed by atoms with Crippen molar-refractivity contribution < 1.29 is 32.9 Å². The SMILES string of the molecule is CC/C=C\C/C=C\C/C=C\C/C=C\C/C=C\C/C=C\C/C=C\C/C=C\C/C=C\CCCCCCCCCCCC(=O)NC(COP(=O)([O-])OCC[N+](C)(C)C)C(O)/C=C/CC/C=C/CC/C=C/CC. The van der Waals surface area contributed by atoms with Gasteiger partial charge in [0.15, 0.2) is 0 Å². The Bertz CT molecular complexity index is 1620. The van der Waals surface area contributed by atoms with E-state index >= 15 is 0 Å². The summed E-state index contributed by atoms with van der Waals surface area (Å²) in [4.78, 5) is 25.3. The maximum atomic E-state index is 12.9. The van der Waals surface area contributed by atoms with Crippen LogP contribution in [0.15, 0.2) is 146 Å². The van der Waals surface area contributed by atoms with E-state index in [9.17, 15) is 19.4 Å². The Morgan fingerprint density at radius 2 is 0.855 bits per heavy atom. The lowest BCUT2D eigenvalue weighted by atomic mass is 10.1. The van der Waals surface area contributed by atoms with E-state index in [1.165, 1.54) is 32.1 Å². The van der Waals surface area contributed by atoms with Crippen molar-refractivity contribution in [2.75, 3.05) is 40.9 Å². The summed E-state index contributed by atoms with van der Waals surface area (Å²) in [7, 11) is 1.20. The molecule has 1 amide bonds. The van der Waals surface area contributed by atoms with Crippen LogP contribution in [0.5, 0.6) is 0 Å². The van der Waals surface area contributed by atoms with E-state index in [2.05, 4.69) is 153 Å². The highest BCUT2D eigenvalue weighted by molar-refractivity contribution is 7.45. The Morgan fingerprint density at radius 3 is 1.29 bits per heavy atom. The van der Waals surface area contributed by atoms with Gasteiger partial charge in [0, 0.05) is 6.42 Å². The van der Waals surface area contributed by atoms with Crippen molar-refractivity contribution in [3.05, 3.63) is 146 Å². The van der Waals surface area contributed by atoms with Gasteiger partial charge in [0.25, 0.3) is 7.82 Å². The first-order valence-electron chi connectivity index (χ1n) is 26.7. The van der Waals surface area contributed by atoms with Crippen LogP contribution in [0.1, 0.15) is 174 Å². The molecule has 0 heterocycles. The van der Waals surface area contributed by atoms with Crippen molar-refractivity contribution in [1.29, 1.82) is 0 Å². The molecule has 0 aromatic carbocycles. The maximum absolute atomic E-state index is 12.9. The quantitative estimate of drug-likeness (QED) is 0.0272. The number of phosphoric ester groups is 1. The first kappa shape index (κ1) is 65.4. The lowest BCUT2D eigenvalue weighted by molar-refractivity contribution is -0.870. The van der Waals surface area contributed by atoms with E-state index < -0.39 is 26.6 Å². The second-order valence-corrected chi connectivity index (χ2v) is 19.9. The van der Waals surface area contributed by atoms with E-state index in [0.717, 1.165) is 122 Å². The van der Waals surface area contributed by atoms with Gasteiger partial charge in [-0.15, -0.1) is 0 Å². The molecule has 0 saturated carbocycles. The van der Waals surface area contributed by atoms with Gasteiger partial charge in [0.05, 0.1) is 39.9 Å². The number of unbranched alkanes of at least 4 members (excludes halogenated alkanes) is 11. The zero-order valence-electron chi connectivity index (χ0n) is 44.2. The van der Waals surface area contributed by atoms with E-state index in [1.54, 1.807) is 6.08 Å². The van der Waals surface area contributed by atoms with Gasteiger partial charge in [-0.3, -0.25) is 9.36 Å². The fraction of sp³-hybridized carbons (Fsp3) is 0.583. The van der Waals surface area contributed by atoms with Crippen LogP contribution >= 0.6 is 7.82 Å². The van der Waals surface area contributed by atoms with Crippen molar-refractivity contribution in [3.8, 4) is 0 Å². The summed E-state index contributed by atoms with van der Waals surface area (Å²) >= 11 is 0. The van der Waals surface area contributed by atoms with E-state index in [0.29, 0.717) is 17.4 Å². The molecule has 9 heteroatoms. The molecular weight excluding hydrogens is 876 g/mol. The monoisotopic (exact) mass is 975 g/mol. The van der Waals surface area contributed by atoms with Crippen molar-refractivity contribution in [2.24, 2.45) is 0 Å². The lowest BCUT2D eigenvalue weighted by Crippen LogP contribution is -2.45. The Balaban J connectivity index is 4.12. The molecule has 69 heavy (non-hydrogen) atoms. The average Bonchev–Trinajstić information content (AvgIpc) is 3.31. The summed E-state index contributed by atoms with van der Waals surface area (Å²) in [5.41, 5.74) is 0. The fourth-order valence-corrected chi connectivity index (χ4v) is 7.38. The van der Waals surface area contributed by atoms with Crippen LogP contribution in [0.4, 0.5) is 0 Å². The third-order valence-corrected chi connectivity index (χ3v) is 11.7. The Kier molecular flexibility index (Phi) is 46.8. The number of amides is 1. The number of aliphatic hydroxyl groups is 1. The lowest BCUT2D eigenvalue weighted by Gasteiger charge is -2.29. The minimum absolute atomic E-state index is 0.0183. The van der Waals surface area contributed by atoms with E-state index in [1.807, 2.05) is 27.2 Å². The third kappa shape index (κ3) is 52.0. The molecule has 0 rings (SSSR count). The molecule has 0 spiro atoms. The van der Waals surface area contributed by atoms with Gasteiger partial charge in [-0.25, -0.2) is 0 Å². The van der Waals surface area contributed by atoms with Gasteiger partial charge >= 0.3 is 0 Å². The van der Waals surface area contributed by atoms with Crippen molar-refractivity contribution in [2.45, 2.75) is 187 Å². The molecule has 3 unspecified atom stereocenters. The van der Waals surface area contributed by atoms with Crippen LogP contribution in [-0.2, 0) is 18.4 Å². The highest BCUT2D eigenvalue weighted by Gasteiger charge is 2.23. The Morgan fingerprint density at radius 1 is 0.507 bits per heavy atom. The Hall–Kier alpha value is -3.62. The highest BCUT2D eigenvalue weighted by atomic mass is 31.2. The predicted octanol–water partition coefficient (Wildman–Crippen LogP) is 15.5. The van der Waals surface area contributed by atoms with E-state index in [4.69, 9.17) is 9.05 Å². The highest BCUT2D eigenvalue weighted by Crippen LogP contribution is 2.38. The van der Waals surface area contributed by atoms with Gasteiger partial charge < -0.3 is 28.8 Å². The van der Waals surface area contributed by atoms with Gasteiger partial charge in [0.1, 0.15) is 13.2 Å². The largest absolute Gasteiger partial charge is 0.756 e. The summed E-state index contributed by atoms with van der Waals surface area (Å²) in [5.74, 6) is -0.228. The summed E-state index contributed by atoms with van der Waals surface area (Å²) in [6, 6.07) is -0.921. The molecule has 0 aliphatic carbocycles. The van der Waals surface area contributed by atoms with Crippen LogP contribution in [0, 0.1) is 0 Å². The molecule has 0 radical (unpaired) electrons. The molecule has 2 N–H and O–H groups in total. The number of hydrogen-bond donors (Lipinski definition) is 2. The Labute approximate surface area is 423 Å². The second-order valence-electron chi connectivity index (χ2n) is 18.4. The molecular formula is C60H99N2O6P. The molecule has 0 fully saturated rings. The first-order chi connectivity index (χ1) is 33.5. The zero-order valence-corrected chi connectivity index (χ0v) is 45.1. The summed E-state index contributed by atoms with van der Waals surface area (Å²) in [6.07, 6.45) is 76.5. The van der Waals surface area contributed by atoms with Crippen LogP contribution in [0.2, 0.25) is 0 Å². The van der Waals surface area contributed by atoms with Crippen molar-refractivity contribution in [3.63, 3.8) is 0 Å². The second kappa shape index (κ2) is 49.4. The van der Waals surface area contributed by atoms with Crippen molar-refractivity contribution in [1.82, 2.24) is 5.32 Å². The van der Waals surface area contributed by atoms with Crippen LogP contribution in [-0.4, -0.2) is 68.5 Å². The number of carbonyl (C=O) groups excluding carboxylic acids is 1. The molecule has 390 valence electrons. The van der Waals surface area contributed by atoms with E-state index in [-0.39, 0.29) is 12.5 Å². The number of aliphatic hydroxyl groups excluding tert-OH is 1. The number of nitrogens with one attached hydrogen (secondary N) is 1. The standard InChI is InChI=1S/C60H99N2O6P/c1-6-8-10-12-14-16-18-19-20-21-22-23-24-25-26-27-28-29-30-31-32-33-34-35-36-37-38-39-40-41-42-43-44-46-48-50-52-54-60(64)61-58(57-68-69(65,66)67-56-55-62(3,4)5)59(63)53-51-49-47-45-17-15-13-11-9-7-2/h8-11,14,16-17,19-20,22-23,25-26,28-29,31-32,34-35,37-38,45,51,53,58-59,63H,6-7,12-13,15,18,21,24,27,30,33,36,39-44,46-50,52,54-57H2,1-5H3,(H-,61,64,65,66)/b10-8-,11-9+,16-14-,20-19-,23-22-,26-25-,29-28-,32-31-,35-34-,38-37-,45-17+,53-51+. The smallest absolute Gasteiger partial charge is 0.268 e. The van der Waals surface area contributed by atoms with Crippen molar-refractivity contribution >= 4 is 13.7 Å². The molecule has 8 nitrogen and oxygen atoms in total. The minimum atomic E-state index is -4.61. The van der Waals surface area contributed by atoms with Gasteiger partial charge in [-0.1, -0.05) is 205 Å². The third-order valence-electron chi connectivity index (χ3n) is 10.8. The number of nitrogens with zero attached hydrogens (tertiary/aromatic N) is 1. The maximum Gasteiger partial charge on any atom is 0.268 e. The molecule has 0 bridgehead atoms. The molecule has 0 aliphatic heterocycles. The van der Waals surface area contributed by atoms with Crippen LogP contribution in [0.3, 0.4) is 0 Å². The van der Waals surface area contributed by atoms with Gasteiger partial charge in [-0.05, 0) is 109 Å². The number of allylic oxidation sites excluding steroid dienone is 23. The topological polar surface area (TPSA) is 108 Å². The fourth-order valence-electron chi connectivity index (χ4n) is 6.65. The minimum Gasteiger partial charge on any atom is -0.756 e. The summed E-state index contributed by atoms with van der Waals surface area (Å²) in [6.45, 7) is 4.34. The molecule has 0 aliphatic rings. The average molecular weight is 975 g/mol. The zero-order chi connectivity index (χ0) is 50.6. The predicted molar refractivity (Wildman–Crippen MR) is 297 cm³/mol. The first-order valence-corrected chi connectivity index (χ1v) is 28.2. The van der Waals surface area contributed by atoms with Crippen LogP contribution < -0.4 is 10.2 Å². The summed E-state index contributed by atoms with van der Waals surface area (Å²) < 4.78 is 23.2. The molecule has 3 atom stereocenters. The normalized spacial score (nSPS) is 15.2. The number of likely N-dealkylation sites (N-methyl/N-ethyl adjacent to an activating group) is 1. The molecule has 0 saturated heterocycles.